The van der Waals surface area contributed by atoms with Crippen LogP contribution in [0.5, 0.6) is 28.7 Å². The number of ether oxygens (including phenoxy) is 1. The standard InChI is InChI=1S/C25H28O6/c1-13(2)5-8-17-23(29)18(9-6-14(3)4)25-22(24(17)30)20(28)12-21(31-25)16-10-7-15(26)11-19(16)27/h5-7,10-11,21,26-27,29-30H,8-9,12H2,1-4H3. The second-order valence-corrected chi connectivity index (χ2v) is 8.31. The predicted octanol–water partition coefficient (Wildman–Crippen LogP) is 5.23. The zero-order valence-corrected chi connectivity index (χ0v) is 18.2. The molecule has 1 heterocycles. The molecule has 6 nitrogen and oxygen atoms in total. The molecule has 0 radical (unpaired) electrons. The molecule has 1 aliphatic heterocycles. The van der Waals surface area contributed by atoms with E-state index in [-0.39, 0.29) is 52.9 Å². The van der Waals surface area contributed by atoms with E-state index in [1.807, 2.05) is 39.8 Å². The van der Waals surface area contributed by atoms with Crippen LogP contribution in [0.3, 0.4) is 0 Å². The summed E-state index contributed by atoms with van der Waals surface area (Å²) in [5.41, 5.74) is 3.16. The van der Waals surface area contributed by atoms with Gasteiger partial charge in [-0.1, -0.05) is 23.3 Å². The second-order valence-electron chi connectivity index (χ2n) is 8.31. The molecule has 0 bridgehead atoms. The molecule has 3 rings (SSSR count). The van der Waals surface area contributed by atoms with E-state index < -0.39 is 6.10 Å². The van der Waals surface area contributed by atoms with E-state index in [1.165, 1.54) is 18.2 Å². The van der Waals surface area contributed by atoms with Crippen molar-refractivity contribution in [2.24, 2.45) is 0 Å². The molecule has 1 atom stereocenters. The van der Waals surface area contributed by atoms with Crippen LogP contribution < -0.4 is 4.74 Å². The lowest BCUT2D eigenvalue weighted by Gasteiger charge is -2.29. The largest absolute Gasteiger partial charge is 0.508 e. The van der Waals surface area contributed by atoms with Crippen molar-refractivity contribution >= 4 is 5.78 Å². The quantitative estimate of drug-likeness (QED) is 0.490. The van der Waals surface area contributed by atoms with Gasteiger partial charge in [-0.3, -0.25) is 4.79 Å². The van der Waals surface area contributed by atoms with Gasteiger partial charge in [0.1, 0.15) is 40.4 Å². The van der Waals surface area contributed by atoms with Crippen LogP contribution in [0.1, 0.15) is 67.3 Å². The van der Waals surface area contributed by atoms with Crippen molar-refractivity contribution in [1.82, 2.24) is 0 Å². The molecule has 0 aliphatic carbocycles. The average molecular weight is 424 g/mol. The first-order valence-corrected chi connectivity index (χ1v) is 10.2. The van der Waals surface area contributed by atoms with Gasteiger partial charge in [-0.05, 0) is 52.7 Å². The molecule has 2 aromatic carbocycles. The highest BCUT2D eigenvalue weighted by Gasteiger charge is 2.36. The minimum absolute atomic E-state index is 0.0571. The Morgan fingerprint density at radius 2 is 1.58 bits per heavy atom. The minimum atomic E-state index is -0.812. The zero-order valence-electron chi connectivity index (χ0n) is 18.2. The van der Waals surface area contributed by atoms with Gasteiger partial charge in [0.05, 0.1) is 6.42 Å². The van der Waals surface area contributed by atoms with Crippen LogP contribution >= 0.6 is 0 Å². The highest BCUT2D eigenvalue weighted by atomic mass is 16.5. The summed E-state index contributed by atoms with van der Waals surface area (Å²) in [4.78, 5) is 13.1. The van der Waals surface area contributed by atoms with Crippen molar-refractivity contribution in [1.29, 1.82) is 0 Å². The molecule has 0 amide bonds. The Kier molecular flexibility index (Phi) is 6.29. The molecule has 1 unspecified atom stereocenters. The summed E-state index contributed by atoms with van der Waals surface area (Å²) in [6, 6.07) is 4.08. The van der Waals surface area contributed by atoms with E-state index in [9.17, 15) is 25.2 Å². The molecule has 0 saturated heterocycles. The van der Waals surface area contributed by atoms with Crippen LogP contribution in [0.25, 0.3) is 0 Å². The lowest BCUT2D eigenvalue weighted by molar-refractivity contribution is 0.0839. The van der Waals surface area contributed by atoms with Crippen molar-refractivity contribution in [3.63, 3.8) is 0 Å². The number of phenols is 4. The molecule has 2 aromatic rings. The van der Waals surface area contributed by atoms with Gasteiger partial charge in [-0.25, -0.2) is 0 Å². The lowest BCUT2D eigenvalue weighted by atomic mass is 9.89. The van der Waals surface area contributed by atoms with Crippen molar-refractivity contribution in [2.75, 3.05) is 0 Å². The summed E-state index contributed by atoms with van der Waals surface area (Å²) in [5, 5.41) is 41.6. The zero-order chi connectivity index (χ0) is 22.9. The van der Waals surface area contributed by atoms with Crippen molar-refractivity contribution < 1.29 is 30.0 Å². The van der Waals surface area contributed by atoms with E-state index in [0.717, 1.165) is 11.1 Å². The number of carbonyl (C=O) groups is 1. The summed E-state index contributed by atoms with van der Waals surface area (Å²) < 4.78 is 6.09. The topological polar surface area (TPSA) is 107 Å². The number of carbonyl (C=O) groups excluding carboxylic acids is 1. The monoisotopic (exact) mass is 424 g/mol. The molecule has 1 aliphatic rings. The number of hydrogen-bond donors (Lipinski definition) is 4. The Hall–Kier alpha value is -3.41. The number of Topliss-reactive ketones (excluding diaryl/α,β-unsaturated/α-hetero) is 1. The van der Waals surface area contributed by atoms with Crippen LogP contribution in [-0.4, -0.2) is 26.2 Å². The number of hydrogen-bond acceptors (Lipinski definition) is 6. The minimum Gasteiger partial charge on any atom is -0.508 e. The SMILES string of the molecule is CC(C)=CCc1c(O)c(CC=C(C)C)c2c(c1O)C(=O)CC(c1ccc(O)cc1O)O2. The second kappa shape index (κ2) is 8.76. The van der Waals surface area contributed by atoms with Crippen LogP contribution in [0, 0.1) is 0 Å². The molecule has 0 saturated carbocycles. The van der Waals surface area contributed by atoms with E-state index in [1.54, 1.807) is 0 Å². The molecule has 6 heteroatoms. The molecule has 4 N–H and O–H groups in total. The van der Waals surface area contributed by atoms with Crippen molar-refractivity contribution in [2.45, 2.75) is 53.1 Å². The first-order chi connectivity index (χ1) is 14.6. The maximum Gasteiger partial charge on any atom is 0.174 e. The molecule has 164 valence electrons. The van der Waals surface area contributed by atoms with E-state index in [0.29, 0.717) is 23.1 Å². The van der Waals surface area contributed by atoms with Crippen molar-refractivity contribution in [3.8, 4) is 28.7 Å². The fourth-order valence-electron chi connectivity index (χ4n) is 3.63. The summed E-state index contributed by atoms with van der Waals surface area (Å²) >= 11 is 0. The van der Waals surface area contributed by atoms with Gasteiger partial charge in [0.25, 0.3) is 0 Å². The summed E-state index contributed by atoms with van der Waals surface area (Å²) in [5.74, 6) is -0.887. The Morgan fingerprint density at radius 3 is 2.16 bits per heavy atom. The number of phenolic OH excluding ortho intramolecular Hbond substituents is 4. The van der Waals surface area contributed by atoms with Crippen LogP contribution in [0.15, 0.2) is 41.5 Å². The van der Waals surface area contributed by atoms with Crippen LogP contribution in [0.2, 0.25) is 0 Å². The van der Waals surface area contributed by atoms with Gasteiger partial charge in [-0.15, -0.1) is 0 Å². The first kappa shape index (κ1) is 22.3. The maximum atomic E-state index is 13.1. The van der Waals surface area contributed by atoms with Crippen molar-refractivity contribution in [3.05, 3.63) is 63.8 Å². The van der Waals surface area contributed by atoms with Gasteiger partial charge in [0, 0.05) is 22.8 Å². The molecular weight excluding hydrogens is 396 g/mol. The maximum absolute atomic E-state index is 13.1. The van der Waals surface area contributed by atoms with Crippen LogP contribution in [-0.2, 0) is 12.8 Å². The highest BCUT2D eigenvalue weighted by Crippen LogP contribution is 2.49. The molecular formula is C25H28O6. The van der Waals surface area contributed by atoms with Gasteiger partial charge in [-0.2, -0.15) is 0 Å². The average Bonchev–Trinajstić information content (AvgIpc) is 2.66. The fourth-order valence-corrected chi connectivity index (χ4v) is 3.63. The lowest BCUT2D eigenvalue weighted by Crippen LogP contribution is -2.22. The summed E-state index contributed by atoms with van der Waals surface area (Å²) in [7, 11) is 0. The molecule has 0 fully saturated rings. The van der Waals surface area contributed by atoms with Gasteiger partial charge in [0.2, 0.25) is 0 Å². The summed E-state index contributed by atoms with van der Waals surface area (Å²) in [6.07, 6.45) is 3.48. The Bertz CT molecular complexity index is 1090. The summed E-state index contributed by atoms with van der Waals surface area (Å²) in [6.45, 7) is 7.69. The fraction of sp³-hybridized carbons (Fsp3) is 0.320. The Balaban J connectivity index is 2.18. The number of ketones is 1. The van der Waals surface area contributed by atoms with Gasteiger partial charge < -0.3 is 25.2 Å². The highest BCUT2D eigenvalue weighted by molar-refractivity contribution is 6.04. The predicted molar refractivity (Wildman–Crippen MR) is 118 cm³/mol. The molecule has 0 aromatic heterocycles. The number of aromatic hydroxyl groups is 4. The number of benzene rings is 2. The Labute approximate surface area is 181 Å². The third kappa shape index (κ3) is 4.53. The third-order valence-corrected chi connectivity index (χ3v) is 5.30. The van der Waals surface area contributed by atoms with Crippen LogP contribution in [0.4, 0.5) is 0 Å². The number of rotatable bonds is 5. The van der Waals surface area contributed by atoms with E-state index in [4.69, 9.17) is 4.74 Å². The normalized spacial score (nSPS) is 15.1. The first-order valence-electron chi connectivity index (χ1n) is 10.2. The number of fused-ring (bicyclic) bond motifs is 1. The number of allylic oxidation sites excluding steroid dienone is 4. The molecule has 0 spiro atoms. The smallest absolute Gasteiger partial charge is 0.174 e. The molecule has 31 heavy (non-hydrogen) atoms. The Morgan fingerprint density at radius 1 is 0.968 bits per heavy atom. The third-order valence-electron chi connectivity index (χ3n) is 5.30. The van der Waals surface area contributed by atoms with Gasteiger partial charge >= 0.3 is 0 Å². The van der Waals surface area contributed by atoms with Gasteiger partial charge in [0.15, 0.2) is 5.78 Å². The van der Waals surface area contributed by atoms with E-state index in [2.05, 4.69) is 0 Å². The van der Waals surface area contributed by atoms with E-state index >= 15 is 0 Å².